The van der Waals surface area contributed by atoms with Crippen molar-refractivity contribution in [3.63, 3.8) is 0 Å². The molecule has 5 fully saturated rings. The molecule has 8 heteroatoms. The van der Waals surface area contributed by atoms with Crippen molar-refractivity contribution in [2.75, 3.05) is 52.7 Å². The molecule has 8 atom stereocenters. The Morgan fingerprint density at radius 3 is 2.37 bits per heavy atom. The zero-order valence-corrected chi connectivity index (χ0v) is 22.8. The number of methoxy groups -OCH3 is 1. The molecule has 1 N–H and O–H groups in total. The van der Waals surface area contributed by atoms with Crippen molar-refractivity contribution < 1.29 is 23.1 Å². The van der Waals surface area contributed by atoms with Crippen molar-refractivity contribution in [2.24, 2.45) is 40.9 Å². The third-order valence-corrected chi connectivity index (χ3v) is 12.4. The van der Waals surface area contributed by atoms with E-state index in [9.17, 15) is 18.3 Å². The number of ketones is 1. The summed E-state index contributed by atoms with van der Waals surface area (Å²) in [4.78, 5) is 15.7. The number of carbonyl (C=O) groups excluding carboxylic acids is 1. The second kappa shape index (κ2) is 9.64. The molecule has 0 bridgehead atoms. The highest BCUT2D eigenvalue weighted by Gasteiger charge is 2.59. The first-order chi connectivity index (χ1) is 16.5. The van der Waals surface area contributed by atoms with Gasteiger partial charge in [0.25, 0.3) is 0 Å². The summed E-state index contributed by atoms with van der Waals surface area (Å²) in [5.41, 5.74) is -0.519. The van der Waals surface area contributed by atoms with Crippen LogP contribution in [0.15, 0.2) is 0 Å². The summed E-state index contributed by atoms with van der Waals surface area (Å²) in [6.45, 7) is 5.61. The van der Waals surface area contributed by atoms with Crippen LogP contribution < -0.4 is 0 Å². The summed E-state index contributed by atoms with van der Waals surface area (Å²) in [6, 6.07) is 0. The quantitative estimate of drug-likeness (QED) is 0.591. The molecule has 0 spiro atoms. The van der Waals surface area contributed by atoms with E-state index in [1.165, 1.54) is 36.2 Å². The highest BCUT2D eigenvalue weighted by atomic mass is 32.2. The Kier molecular flexibility index (Phi) is 7.19. The number of hydrogen-bond acceptors (Lipinski definition) is 6. The first kappa shape index (κ1) is 26.1. The molecule has 4 saturated carbocycles. The van der Waals surface area contributed by atoms with Crippen LogP contribution in [0.2, 0.25) is 0 Å². The molecule has 4 aliphatic carbocycles. The molecule has 1 heterocycles. The highest BCUT2D eigenvalue weighted by Crippen LogP contribution is 2.64. The van der Waals surface area contributed by atoms with Gasteiger partial charge in [0.05, 0.1) is 25.0 Å². The lowest BCUT2D eigenvalue weighted by atomic mass is 9.49. The highest BCUT2D eigenvalue weighted by molar-refractivity contribution is 7.88. The Balaban J connectivity index is 1.21. The van der Waals surface area contributed by atoms with Gasteiger partial charge in [0.1, 0.15) is 5.78 Å². The van der Waals surface area contributed by atoms with Crippen LogP contribution in [-0.2, 0) is 19.6 Å². The number of rotatable bonds is 6. The van der Waals surface area contributed by atoms with Gasteiger partial charge in [-0.15, -0.1) is 0 Å². The number of hydrogen-bond donors (Lipinski definition) is 1. The molecular weight excluding hydrogens is 464 g/mol. The minimum Gasteiger partial charge on any atom is -0.387 e. The first-order valence-corrected chi connectivity index (χ1v) is 15.8. The Morgan fingerprint density at radius 2 is 1.69 bits per heavy atom. The van der Waals surface area contributed by atoms with Crippen LogP contribution in [0, 0.1) is 40.9 Å². The van der Waals surface area contributed by atoms with E-state index in [0.29, 0.717) is 56.9 Å². The van der Waals surface area contributed by atoms with Crippen LogP contribution in [0.1, 0.15) is 64.7 Å². The number of ether oxygens (including phenoxy) is 1. The van der Waals surface area contributed by atoms with Gasteiger partial charge in [0, 0.05) is 39.2 Å². The molecule has 1 saturated heterocycles. The average molecular weight is 511 g/mol. The maximum atomic E-state index is 13.6. The monoisotopic (exact) mass is 510 g/mol. The number of Topliss-reactive ketones (excluding diaryl/α,β-unsaturated/α-hetero) is 1. The molecule has 1 aliphatic heterocycles. The minimum absolute atomic E-state index is 0.116. The van der Waals surface area contributed by atoms with Crippen molar-refractivity contribution in [2.45, 2.75) is 70.3 Å². The fourth-order valence-corrected chi connectivity index (χ4v) is 10.3. The summed E-state index contributed by atoms with van der Waals surface area (Å²) < 4.78 is 30.5. The Labute approximate surface area is 212 Å². The topological polar surface area (TPSA) is 87.2 Å². The molecule has 5 rings (SSSR count). The van der Waals surface area contributed by atoms with E-state index < -0.39 is 15.6 Å². The summed E-state index contributed by atoms with van der Waals surface area (Å²) in [5, 5.41) is 11.0. The van der Waals surface area contributed by atoms with E-state index in [1.807, 2.05) is 0 Å². The normalized spacial score (nSPS) is 44.9. The van der Waals surface area contributed by atoms with Gasteiger partial charge in [-0.3, -0.25) is 9.69 Å². The lowest BCUT2D eigenvalue weighted by molar-refractivity contribution is -0.137. The number of sulfonamides is 1. The second-order valence-corrected chi connectivity index (χ2v) is 14.9. The van der Waals surface area contributed by atoms with Crippen LogP contribution in [-0.4, -0.2) is 86.8 Å². The van der Waals surface area contributed by atoms with Crippen molar-refractivity contribution in [1.29, 1.82) is 0 Å². The van der Waals surface area contributed by atoms with Crippen LogP contribution in [0.5, 0.6) is 0 Å². The maximum Gasteiger partial charge on any atom is 0.211 e. The second-order valence-electron chi connectivity index (χ2n) is 12.9. The van der Waals surface area contributed by atoms with E-state index in [2.05, 4.69) is 11.8 Å². The molecule has 0 radical (unpaired) electrons. The standard InChI is InChI=1S/C27H46N2O5S/c1-26-10-8-21-20-9-11-27(31,18-34-2)16-19(20)4-5-22(21)23(26)6-7-24(26)25(30)17-28-12-14-29(15-13-28)35(3,32)33/h19-24,31H,4-18H2,1-3H3/t19?,20-,21+,22+,23-,24+,26-,27+/m0/s1. The largest absolute Gasteiger partial charge is 0.387 e. The number of piperazine rings is 1. The van der Waals surface area contributed by atoms with Crippen molar-refractivity contribution in [1.82, 2.24) is 9.21 Å². The molecule has 200 valence electrons. The maximum absolute atomic E-state index is 13.6. The van der Waals surface area contributed by atoms with E-state index in [0.717, 1.165) is 49.9 Å². The van der Waals surface area contributed by atoms with Gasteiger partial charge in [-0.05, 0) is 92.8 Å². The van der Waals surface area contributed by atoms with Gasteiger partial charge in [-0.2, -0.15) is 4.31 Å². The molecule has 0 aromatic rings. The Morgan fingerprint density at radius 1 is 0.971 bits per heavy atom. The lowest BCUT2D eigenvalue weighted by Gasteiger charge is -2.57. The van der Waals surface area contributed by atoms with Crippen molar-refractivity contribution >= 4 is 15.8 Å². The van der Waals surface area contributed by atoms with Gasteiger partial charge < -0.3 is 9.84 Å². The van der Waals surface area contributed by atoms with E-state index in [1.54, 1.807) is 7.11 Å². The van der Waals surface area contributed by atoms with Crippen molar-refractivity contribution in [3.8, 4) is 0 Å². The van der Waals surface area contributed by atoms with E-state index in [4.69, 9.17) is 4.74 Å². The van der Waals surface area contributed by atoms with Crippen LogP contribution in [0.4, 0.5) is 0 Å². The van der Waals surface area contributed by atoms with Gasteiger partial charge >= 0.3 is 0 Å². The zero-order valence-electron chi connectivity index (χ0n) is 22.0. The Bertz CT molecular complexity index is 903. The molecule has 1 unspecified atom stereocenters. The number of aliphatic hydroxyl groups is 1. The number of carbonyl (C=O) groups is 1. The third-order valence-electron chi connectivity index (χ3n) is 11.1. The number of nitrogens with zero attached hydrogens (tertiary/aromatic N) is 2. The van der Waals surface area contributed by atoms with E-state index in [-0.39, 0.29) is 11.3 Å². The molecule has 7 nitrogen and oxygen atoms in total. The SMILES string of the molecule is COC[C@@]1(O)CC[C@H]2C(CC[C@@H]3[C@@H]2CC[C@]2(C)[C@@H](C(=O)CN4CCN(S(C)(=O)=O)CC4)CC[C@@H]32)C1. The Hall–Kier alpha value is -0.540. The molecule has 0 aromatic heterocycles. The molecule has 5 aliphatic rings. The third kappa shape index (κ3) is 4.87. The average Bonchev–Trinajstić information content (AvgIpc) is 3.16. The first-order valence-electron chi connectivity index (χ1n) is 14.0. The predicted octanol–water partition coefficient (Wildman–Crippen LogP) is 2.78. The summed E-state index contributed by atoms with van der Waals surface area (Å²) in [5.74, 6) is 4.04. The van der Waals surface area contributed by atoms with Crippen LogP contribution in [0.3, 0.4) is 0 Å². The van der Waals surface area contributed by atoms with E-state index >= 15 is 0 Å². The molecule has 0 aromatic carbocycles. The van der Waals surface area contributed by atoms with Gasteiger partial charge in [-0.25, -0.2) is 8.42 Å². The zero-order chi connectivity index (χ0) is 25.0. The fraction of sp³-hybridized carbons (Fsp3) is 0.963. The smallest absolute Gasteiger partial charge is 0.211 e. The molecule has 0 amide bonds. The lowest BCUT2D eigenvalue weighted by Crippen LogP contribution is -2.53. The summed E-state index contributed by atoms with van der Waals surface area (Å²) >= 11 is 0. The molecular formula is C27H46N2O5S. The molecule has 35 heavy (non-hydrogen) atoms. The van der Waals surface area contributed by atoms with Crippen LogP contribution in [0.25, 0.3) is 0 Å². The minimum atomic E-state index is -3.15. The summed E-state index contributed by atoms with van der Waals surface area (Å²) in [6.07, 6.45) is 11.2. The summed E-state index contributed by atoms with van der Waals surface area (Å²) in [7, 11) is -1.46. The van der Waals surface area contributed by atoms with Gasteiger partial charge in [-0.1, -0.05) is 6.92 Å². The van der Waals surface area contributed by atoms with Crippen molar-refractivity contribution in [3.05, 3.63) is 0 Å². The van der Waals surface area contributed by atoms with Gasteiger partial charge in [0.15, 0.2) is 0 Å². The number of fused-ring (bicyclic) bond motifs is 5. The van der Waals surface area contributed by atoms with Gasteiger partial charge in [0.2, 0.25) is 10.0 Å². The predicted molar refractivity (Wildman–Crippen MR) is 135 cm³/mol. The van der Waals surface area contributed by atoms with Crippen LogP contribution >= 0.6 is 0 Å². The fourth-order valence-electron chi connectivity index (χ4n) is 9.44.